The van der Waals surface area contributed by atoms with Gasteiger partial charge in [0.15, 0.2) is 9.84 Å². The third-order valence-corrected chi connectivity index (χ3v) is 5.55. The topological polar surface area (TPSA) is 46.2 Å². The van der Waals surface area contributed by atoms with Crippen LogP contribution in [0.5, 0.6) is 0 Å². The van der Waals surface area contributed by atoms with Gasteiger partial charge in [-0.25, -0.2) is 8.42 Å². The second kappa shape index (κ2) is 5.63. The summed E-state index contributed by atoms with van der Waals surface area (Å²) in [7, 11) is -3.04. The van der Waals surface area contributed by atoms with Crippen molar-refractivity contribution >= 4 is 9.84 Å². The van der Waals surface area contributed by atoms with Crippen LogP contribution in [0.3, 0.4) is 0 Å². The van der Waals surface area contributed by atoms with Gasteiger partial charge < -0.3 is 5.32 Å². The Kier molecular flexibility index (Phi) is 4.31. The number of fused-ring (bicyclic) bond motifs is 1. The van der Waals surface area contributed by atoms with Gasteiger partial charge in [-0.1, -0.05) is 38.1 Å². The highest BCUT2D eigenvalue weighted by Crippen LogP contribution is 2.40. The van der Waals surface area contributed by atoms with Crippen molar-refractivity contribution in [2.75, 3.05) is 12.8 Å². The van der Waals surface area contributed by atoms with Gasteiger partial charge >= 0.3 is 0 Å². The van der Waals surface area contributed by atoms with E-state index in [4.69, 9.17) is 0 Å². The van der Waals surface area contributed by atoms with Crippen LogP contribution in [0.15, 0.2) is 24.3 Å². The van der Waals surface area contributed by atoms with E-state index in [9.17, 15) is 8.42 Å². The smallest absolute Gasteiger partial charge is 0.152 e. The summed E-state index contributed by atoms with van der Waals surface area (Å²) in [5.74, 6) is 0.301. The van der Waals surface area contributed by atoms with Crippen molar-refractivity contribution in [2.24, 2.45) is 0 Å². The molecule has 0 bridgehead atoms. The van der Waals surface area contributed by atoms with E-state index in [0.29, 0.717) is 12.3 Å². The van der Waals surface area contributed by atoms with E-state index in [2.05, 4.69) is 31.3 Å². The molecule has 3 unspecified atom stereocenters. The van der Waals surface area contributed by atoms with Crippen molar-refractivity contribution in [3.05, 3.63) is 35.4 Å². The molecule has 0 heterocycles. The molecule has 1 aliphatic carbocycles. The van der Waals surface area contributed by atoms with Gasteiger partial charge in [0, 0.05) is 12.3 Å². The second-order valence-electron chi connectivity index (χ2n) is 5.57. The predicted octanol–water partition coefficient (Wildman–Crippen LogP) is 2.65. The van der Waals surface area contributed by atoms with Gasteiger partial charge in [0.25, 0.3) is 0 Å². The molecular weight excluding hydrogens is 258 g/mol. The highest BCUT2D eigenvalue weighted by molar-refractivity contribution is 7.91. The monoisotopic (exact) mass is 281 g/mol. The second-order valence-corrected chi connectivity index (χ2v) is 7.83. The Morgan fingerprint density at radius 2 is 1.89 bits per heavy atom. The molecule has 0 amide bonds. The lowest BCUT2D eigenvalue weighted by Crippen LogP contribution is -2.41. The predicted molar refractivity (Wildman–Crippen MR) is 79.1 cm³/mol. The molecule has 0 aromatic heterocycles. The van der Waals surface area contributed by atoms with Gasteiger partial charge in [0.1, 0.15) is 0 Å². The van der Waals surface area contributed by atoms with Crippen molar-refractivity contribution < 1.29 is 8.42 Å². The number of hydrogen-bond donors (Lipinski definition) is 1. The van der Waals surface area contributed by atoms with Crippen LogP contribution in [0.1, 0.15) is 49.8 Å². The molecule has 0 spiro atoms. The van der Waals surface area contributed by atoms with Crippen LogP contribution >= 0.6 is 0 Å². The Labute approximate surface area is 116 Å². The Morgan fingerprint density at radius 1 is 1.26 bits per heavy atom. The molecule has 1 aromatic carbocycles. The van der Waals surface area contributed by atoms with E-state index in [1.165, 1.54) is 11.8 Å². The summed E-state index contributed by atoms with van der Waals surface area (Å²) in [5.41, 5.74) is 2.45. The zero-order valence-corrected chi connectivity index (χ0v) is 12.7. The summed E-state index contributed by atoms with van der Waals surface area (Å²) in [4.78, 5) is 0. The molecule has 0 saturated heterocycles. The molecule has 0 radical (unpaired) electrons. The molecular formula is C15H23NO2S. The first-order valence-corrected chi connectivity index (χ1v) is 8.91. The average molecular weight is 281 g/mol. The molecule has 1 aromatic rings. The summed E-state index contributed by atoms with van der Waals surface area (Å²) in [6, 6.07) is 8.15. The van der Waals surface area contributed by atoms with Crippen molar-refractivity contribution in [3.63, 3.8) is 0 Å². The van der Waals surface area contributed by atoms with Gasteiger partial charge in [-0.2, -0.15) is 0 Å². The van der Waals surface area contributed by atoms with Gasteiger partial charge in [-0.15, -0.1) is 0 Å². The molecule has 0 aliphatic heterocycles. The maximum Gasteiger partial charge on any atom is 0.152 e. The largest absolute Gasteiger partial charge is 0.309 e. The number of nitrogens with one attached hydrogen (secondary N) is 1. The Balaban J connectivity index is 2.44. The van der Waals surface area contributed by atoms with Crippen LogP contribution in [0.4, 0.5) is 0 Å². The van der Waals surface area contributed by atoms with E-state index in [0.717, 1.165) is 18.5 Å². The highest BCUT2D eigenvalue weighted by Gasteiger charge is 2.38. The Morgan fingerprint density at radius 3 is 2.47 bits per heavy atom. The minimum absolute atomic E-state index is 0.0673. The molecule has 106 valence electrons. The fourth-order valence-electron chi connectivity index (χ4n) is 3.02. The van der Waals surface area contributed by atoms with E-state index in [1.807, 2.05) is 12.1 Å². The Hall–Kier alpha value is -0.870. The van der Waals surface area contributed by atoms with Crippen LogP contribution in [-0.4, -0.2) is 26.5 Å². The maximum atomic E-state index is 12.1. The van der Waals surface area contributed by atoms with Gasteiger partial charge in [-0.3, -0.25) is 0 Å². The standard InChI is InChI=1S/C15H23NO2S/c1-4-9-16-15-13-8-6-5-7-12(13)11(2)10-14(15)19(3,17)18/h5-8,11,14-16H,4,9-10H2,1-3H3. The van der Waals surface area contributed by atoms with Gasteiger partial charge in [-0.05, 0) is 36.4 Å². The molecule has 19 heavy (non-hydrogen) atoms. The van der Waals surface area contributed by atoms with Gasteiger partial charge in [0.05, 0.1) is 5.25 Å². The van der Waals surface area contributed by atoms with Gasteiger partial charge in [0.2, 0.25) is 0 Å². The molecule has 2 rings (SSSR count). The maximum absolute atomic E-state index is 12.1. The molecule has 0 saturated carbocycles. The van der Waals surface area contributed by atoms with Crippen LogP contribution < -0.4 is 5.32 Å². The van der Waals surface area contributed by atoms with E-state index in [-0.39, 0.29) is 11.3 Å². The molecule has 1 N–H and O–H groups in total. The SMILES string of the molecule is CCCNC1c2ccccc2C(C)CC1S(C)(=O)=O. The van der Waals surface area contributed by atoms with E-state index in [1.54, 1.807) is 0 Å². The summed E-state index contributed by atoms with van der Waals surface area (Å²) >= 11 is 0. The highest BCUT2D eigenvalue weighted by atomic mass is 32.2. The number of sulfone groups is 1. The fourth-order valence-corrected chi connectivity index (χ4v) is 4.39. The minimum atomic E-state index is -3.04. The quantitative estimate of drug-likeness (QED) is 0.923. The molecule has 3 atom stereocenters. The summed E-state index contributed by atoms with van der Waals surface area (Å²) in [6.45, 7) is 5.06. The minimum Gasteiger partial charge on any atom is -0.309 e. The average Bonchev–Trinajstić information content (AvgIpc) is 2.36. The lowest BCUT2D eigenvalue weighted by Gasteiger charge is -2.36. The van der Waals surface area contributed by atoms with Crippen LogP contribution in [0, 0.1) is 0 Å². The normalized spacial score (nSPS) is 27.0. The number of benzene rings is 1. The lowest BCUT2D eigenvalue weighted by molar-refractivity contribution is 0.426. The third-order valence-electron chi connectivity index (χ3n) is 3.98. The van der Waals surface area contributed by atoms with Crippen LogP contribution in [0.25, 0.3) is 0 Å². The lowest BCUT2D eigenvalue weighted by atomic mass is 9.80. The summed E-state index contributed by atoms with van der Waals surface area (Å²) in [5, 5.41) is 3.11. The fraction of sp³-hybridized carbons (Fsp3) is 0.600. The zero-order chi connectivity index (χ0) is 14.0. The molecule has 0 fully saturated rings. The van der Waals surface area contributed by atoms with E-state index >= 15 is 0 Å². The molecule has 4 heteroatoms. The summed E-state index contributed by atoms with van der Waals surface area (Å²) in [6.07, 6.45) is 3.07. The van der Waals surface area contributed by atoms with Crippen LogP contribution in [0.2, 0.25) is 0 Å². The zero-order valence-electron chi connectivity index (χ0n) is 11.9. The summed E-state index contributed by atoms with van der Waals surface area (Å²) < 4.78 is 24.2. The first-order chi connectivity index (χ1) is 8.95. The van der Waals surface area contributed by atoms with Crippen LogP contribution in [-0.2, 0) is 9.84 Å². The molecule has 1 aliphatic rings. The van der Waals surface area contributed by atoms with Crippen molar-refractivity contribution in [1.82, 2.24) is 5.32 Å². The van der Waals surface area contributed by atoms with Crippen molar-refractivity contribution in [1.29, 1.82) is 0 Å². The molecule has 3 nitrogen and oxygen atoms in total. The van der Waals surface area contributed by atoms with Crippen molar-refractivity contribution in [3.8, 4) is 0 Å². The van der Waals surface area contributed by atoms with Crippen molar-refractivity contribution in [2.45, 2.75) is 43.9 Å². The van der Waals surface area contributed by atoms with E-state index < -0.39 is 9.84 Å². The number of hydrogen-bond acceptors (Lipinski definition) is 3. The first-order valence-electron chi connectivity index (χ1n) is 6.96. The Bertz CT molecular complexity index is 539. The third kappa shape index (κ3) is 3.00. The first kappa shape index (κ1) is 14.5. The number of rotatable bonds is 4.